The monoisotopic (exact) mass is 554 g/mol. The van der Waals surface area contributed by atoms with Crippen molar-refractivity contribution in [3.63, 3.8) is 0 Å². The fraction of sp³-hybridized carbons (Fsp3) is 0.320. The zero-order valence-electron chi connectivity index (χ0n) is 17.1. The zero-order chi connectivity index (χ0) is 22.0. The largest absolute Gasteiger partial charge is 0.487 e. The standard InChI is InChI=1S/C25H20Br2N2O3/c26-18-10-15(11-19(27)22(18)32-13-14-4-2-1-3-5-14)12-28-29-23(30)20-16-6-7-17(21(20)24(29)31)25(16)8-9-25/h1-7,10-12,16-17,20-21H,8-9,13H2/b28-12-/t16-,17-,20-,21-/m1/s1. The molecule has 6 rings (SSSR count). The first-order chi connectivity index (χ1) is 15.5. The minimum atomic E-state index is -0.232. The van der Waals surface area contributed by atoms with Crippen LogP contribution in [0.5, 0.6) is 5.75 Å². The van der Waals surface area contributed by atoms with E-state index in [1.165, 1.54) is 0 Å². The first-order valence-corrected chi connectivity index (χ1v) is 12.3. The highest BCUT2D eigenvalue weighted by atomic mass is 79.9. The number of carbonyl (C=O) groups excluding carboxylic acids is 2. The van der Waals surface area contributed by atoms with Gasteiger partial charge in [0.1, 0.15) is 12.4 Å². The Kier molecular flexibility index (Phi) is 4.70. The van der Waals surface area contributed by atoms with Gasteiger partial charge in [0, 0.05) is 0 Å². The summed E-state index contributed by atoms with van der Waals surface area (Å²) in [5, 5.41) is 5.40. The predicted octanol–water partition coefficient (Wildman–Crippen LogP) is 5.32. The third kappa shape index (κ3) is 2.97. The Morgan fingerprint density at radius 1 is 1.00 bits per heavy atom. The molecule has 2 bridgehead atoms. The molecule has 5 nitrogen and oxygen atoms in total. The molecule has 3 aliphatic carbocycles. The van der Waals surface area contributed by atoms with E-state index in [4.69, 9.17) is 4.74 Å². The Bertz CT molecular complexity index is 1130. The Hall–Kier alpha value is -2.25. The summed E-state index contributed by atoms with van der Waals surface area (Å²) in [6.07, 6.45) is 8.16. The minimum absolute atomic E-state index is 0.152. The second-order valence-electron chi connectivity index (χ2n) is 9.04. The number of benzene rings is 2. The number of amides is 2. The van der Waals surface area contributed by atoms with Gasteiger partial charge in [-0.25, -0.2) is 0 Å². The predicted molar refractivity (Wildman–Crippen MR) is 127 cm³/mol. The molecule has 4 atom stereocenters. The molecule has 2 aromatic rings. The highest BCUT2D eigenvalue weighted by Gasteiger charge is 2.73. The van der Waals surface area contributed by atoms with Crippen LogP contribution in [0, 0.1) is 29.1 Å². The van der Waals surface area contributed by atoms with Crippen molar-refractivity contribution < 1.29 is 14.3 Å². The number of hydrogen-bond acceptors (Lipinski definition) is 4. The van der Waals surface area contributed by atoms with Crippen LogP contribution >= 0.6 is 31.9 Å². The van der Waals surface area contributed by atoms with Gasteiger partial charge < -0.3 is 4.74 Å². The van der Waals surface area contributed by atoms with Gasteiger partial charge in [-0.05, 0) is 85.2 Å². The number of halogens is 2. The molecule has 2 aromatic carbocycles. The Morgan fingerprint density at radius 2 is 1.59 bits per heavy atom. The van der Waals surface area contributed by atoms with E-state index < -0.39 is 0 Å². The number of fused-ring (bicyclic) bond motifs is 3. The Morgan fingerprint density at radius 3 is 2.16 bits per heavy atom. The SMILES string of the molecule is O=C1[C@H]2[C@H](C(=O)N1/N=C\c1cc(Br)c(OCc3ccccc3)c(Br)c1)[C@H]1C=C[C@H]2C12CC2. The molecule has 7 heteroatoms. The van der Waals surface area contributed by atoms with Crippen molar-refractivity contribution >= 4 is 49.9 Å². The van der Waals surface area contributed by atoms with Crippen molar-refractivity contribution in [1.29, 1.82) is 0 Å². The lowest BCUT2D eigenvalue weighted by molar-refractivity contribution is -0.141. The molecule has 0 unspecified atom stereocenters. The van der Waals surface area contributed by atoms with Crippen molar-refractivity contribution in [2.75, 3.05) is 0 Å². The molecule has 0 aromatic heterocycles. The second-order valence-corrected chi connectivity index (χ2v) is 10.8. The van der Waals surface area contributed by atoms with E-state index in [1.54, 1.807) is 6.21 Å². The van der Waals surface area contributed by atoms with Crippen LogP contribution in [-0.4, -0.2) is 23.0 Å². The van der Waals surface area contributed by atoms with Crippen LogP contribution in [-0.2, 0) is 16.2 Å². The van der Waals surface area contributed by atoms with Crippen LogP contribution in [0.25, 0.3) is 0 Å². The molecular formula is C25H20Br2N2O3. The smallest absolute Gasteiger partial charge is 0.254 e. The van der Waals surface area contributed by atoms with Gasteiger partial charge in [-0.1, -0.05) is 42.5 Å². The lowest BCUT2D eigenvalue weighted by Gasteiger charge is -2.18. The molecule has 2 saturated carbocycles. The van der Waals surface area contributed by atoms with Crippen LogP contribution in [0.3, 0.4) is 0 Å². The van der Waals surface area contributed by atoms with E-state index in [1.807, 2.05) is 42.5 Å². The highest BCUT2D eigenvalue weighted by molar-refractivity contribution is 9.11. The quantitative estimate of drug-likeness (QED) is 0.285. The molecule has 1 heterocycles. The van der Waals surface area contributed by atoms with Crippen LogP contribution in [0.2, 0.25) is 0 Å². The van der Waals surface area contributed by atoms with Gasteiger partial charge in [0.15, 0.2) is 0 Å². The number of ether oxygens (including phenoxy) is 1. The van der Waals surface area contributed by atoms with Crippen molar-refractivity contribution in [3.8, 4) is 5.75 Å². The van der Waals surface area contributed by atoms with Gasteiger partial charge in [-0.15, -0.1) is 0 Å². The van der Waals surface area contributed by atoms with Crippen molar-refractivity contribution in [3.05, 3.63) is 74.7 Å². The molecule has 32 heavy (non-hydrogen) atoms. The summed E-state index contributed by atoms with van der Waals surface area (Å²) in [5.74, 6) is 0.331. The van der Waals surface area contributed by atoms with Gasteiger partial charge in [0.05, 0.1) is 27.0 Å². The van der Waals surface area contributed by atoms with E-state index >= 15 is 0 Å². The van der Waals surface area contributed by atoms with Gasteiger partial charge >= 0.3 is 0 Å². The van der Waals surface area contributed by atoms with E-state index in [9.17, 15) is 9.59 Å². The van der Waals surface area contributed by atoms with E-state index in [0.29, 0.717) is 12.4 Å². The number of hydrazone groups is 1. The molecule has 1 saturated heterocycles. The van der Waals surface area contributed by atoms with Crippen molar-refractivity contribution in [1.82, 2.24) is 5.01 Å². The maximum absolute atomic E-state index is 13.1. The minimum Gasteiger partial charge on any atom is -0.487 e. The van der Waals surface area contributed by atoms with E-state index in [0.717, 1.165) is 37.9 Å². The fourth-order valence-corrected chi connectivity index (χ4v) is 7.27. The highest BCUT2D eigenvalue weighted by Crippen LogP contribution is 2.73. The van der Waals surface area contributed by atoms with Crippen LogP contribution in [0.4, 0.5) is 0 Å². The number of carbonyl (C=O) groups is 2. The summed E-state index contributed by atoms with van der Waals surface area (Å²) in [7, 11) is 0. The van der Waals surface area contributed by atoms with Gasteiger partial charge in [-0.2, -0.15) is 10.1 Å². The number of nitrogens with zero attached hydrogens (tertiary/aromatic N) is 2. The molecule has 0 radical (unpaired) electrons. The number of rotatable bonds is 5. The summed E-state index contributed by atoms with van der Waals surface area (Å²) < 4.78 is 7.49. The molecule has 4 aliphatic rings. The molecule has 0 N–H and O–H groups in total. The third-order valence-corrected chi connectivity index (χ3v) is 8.58. The first-order valence-electron chi connectivity index (χ1n) is 10.8. The normalized spacial score (nSPS) is 28.9. The van der Waals surface area contributed by atoms with Crippen LogP contribution in [0.15, 0.2) is 68.7 Å². The average molecular weight is 556 g/mol. The zero-order valence-corrected chi connectivity index (χ0v) is 20.3. The molecule has 162 valence electrons. The Labute approximate surface area is 202 Å². The average Bonchev–Trinajstić information content (AvgIpc) is 3.38. The summed E-state index contributed by atoms with van der Waals surface area (Å²) in [6, 6.07) is 13.7. The van der Waals surface area contributed by atoms with E-state index in [-0.39, 0.29) is 40.9 Å². The topological polar surface area (TPSA) is 59.0 Å². The van der Waals surface area contributed by atoms with Crippen LogP contribution in [0.1, 0.15) is 24.0 Å². The maximum Gasteiger partial charge on any atom is 0.254 e. The van der Waals surface area contributed by atoms with Gasteiger partial charge in [-0.3, -0.25) is 9.59 Å². The molecule has 2 amide bonds. The van der Waals surface area contributed by atoms with Crippen molar-refractivity contribution in [2.24, 2.45) is 34.2 Å². The molecule has 3 fully saturated rings. The summed E-state index contributed by atoms with van der Waals surface area (Å²) in [5.41, 5.74) is 2.03. The second kappa shape index (κ2) is 7.39. The van der Waals surface area contributed by atoms with Gasteiger partial charge in [0.2, 0.25) is 0 Å². The Balaban J connectivity index is 1.19. The third-order valence-electron chi connectivity index (χ3n) is 7.40. The lowest BCUT2D eigenvalue weighted by atomic mass is 9.85. The summed E-state index contributed by atoms with van der Waals surface area (Å²) in [4.78, 5) is 26.1. The lowest BCUT2D eigenvalue weighted by Crippen LogP contribution is -2.30. The van der Waals surface area contributed by atoms with E-state index in [2.05, 4.69) is 49.1 Å². The van der Waals surface area contributed by atoms with Crippen LogP contribution < -0.4 is 4.74 Å². The number of allylic oxidation sites excluding steroid dienone is 2. The van der Waals surface area contributed by atoms with Crippen molar-refractivity contribution in [2.45, 2.75) is 19.4 Å². The number of imide groups is 1. The fourth-order valence-electron chi connectivity index (χ4n) is 5.82. The van der Waals surface area contributed by atoms with Gasteiger partial charge in [0.25, 0.3) is 11.8 Å². The molecule has 1 aliphatic heterocycles. The molecular weight excluding hydrogens is 536 g/mol. The molecule has 1 spiro atoms. The summed E-state index contributed by atoms with van der Waals surface area (Å²) >= 11 is 7.12. The summed E-state index contributed by atoms with van der Waals surface area (Å²) in [6.45, 7) is 0.447. The first kappa shape index (κ1) is 20.4. The maximum atomic E-state index is 13.1. The number of hydrogen-bond donors (Lipinski definition) is 0.